The van der Waals surface area contributed by atoms with Crippen LogP contribution in [0, 0.1) is 0 Å². The maximum Gasteiger partial charge on any atom is 0.244 e. The average Bonchev–Trinajstić information content (AvgIpc) is 3.19. The second kappa shape index (κ2) is 8.82. The van der Waals surface area contributed by atoms with Gasteiger partial charge in [-0.3, -0.25) is 4.90 Å². The van der Waals surface area contributed by atoms with Crippen molar-refractivity contribution in [1.82, 2.24) is 19.3 Å². The zero-order valence-electron chi connectivity index (χ0n) is 15.6. The third-order valence-corrected chi connectivity index (χ3v) is 7.60. The highest BCUT2D eigenvalue weighted by atomic mass is 35.5. The minimum atomic E-state index is -3.72. The van der Waals surface area contributed by atoms with Crippen LogP contribution in [0.2, 0.25) is 15.1 Å². The number of benzene rings is 2. The summed E-state index contributed by atoms with van der Waals surface area (Å²) in [6.45, 7) is 2.11. The van der Waals surface area contributed by atoms with E-state index in [0.29, 0.717) is 54.5 Å². The van der Waals surface area contributed by atoms with Crippen LogP contribution in [0.15, 0.2) is 51.9 Å². The van der Waals surface area contributed by atoms with Gasteiger partial charge in [-0.25, -0.2) is 8.42 Å². The van der Waals surface area contributed by atoms with Gasteiger partial charge < -0.3 is 4.52 Å². The summed E-state index contributed by atoms with van der Waals surface area (Å²) in [5.74, 6) is 0.920. The fourth-order valence-corrected chi connectivity index (χ4v) is 5.55. The van der Waals surface area contributed by atoms with Crippen molar-refractivity contribution in [2.45, 2.75) is 11.4 Å². The normalized spacial score (nSPS) is 16.1. The van der Waals surface area contributed by atoms with Crippen molar-refractivity contribution in [1.29, 1.82) is 0 Å². The molecule has 0 N–H and O–H groups in total. The van der Waals surface area contributed by atoms with Crippen molar-refractivity contribution in [3.05, 3.63) is 63.4 Å². The lowest BCUT2D eigenvalue weighted by molar-refractivity contribution is 0.163. The summed E-state index contributed by atoms with van der Waals surface area (Å²) in [5, 5.41) is 5.07. The second-order valence-corrected chi connectivity index (χ2v) is 9.96. The second-order valence-electron chi connectivity index (χ2n) is 6.78. The molecule has 1 aliphatic rings. The van der Waals surface area contributed by atoms with E-state index >= 15 is 0 Å². The van der Waals surface area contributed by atoms with Crippen LogP contribution in [0.25, 0.3) is 11.4 Å². The maximum absolute atomic E-state index is 12.9. The Labute approximate surface area is 189 Å². The number of hydrogen-bond acceptors (Lipinski definition) is 6. The van der Waals surface area contributed by atoms with Gasteiger partial charge in [0.15, 0.2) is 0 Å². The van der Waals surface area contributed by atoms with Crippen molar-refractivity contribution >= 4 is 44.8 Å². The van der Waals surface area contributed by atoms with Gasteiger partial charge in [0.1, 0.15) is 4.90 Å². The Morgan fingerprint density at radius 3 is 2.43 bits per heavy atom. The van der Waals surface area contributed by atoms with Gasteiger partial charge in [-0.1, -0.05) is 52.1 Å². The molecular formula is C19H17Cl3N4O3S. The van der Waals surface area contributed by atoms with Crippen LogP contribution in [-0.2, 0) is 16.6 Å². The van der Waals surface area contributed by atoms with E-state index in [1.165, 1.54) is 16.4 Å². The van der Waals surface area contributed by atoms with Crippen molar-refractivity contribution in [2.75, 3.05) is 26.2 Å². The molecule has 1 aliphatic heterocycles. The molecule has 30 heavy (non-hydrogen) atoms. The number of aromatic nitrogens is 2. The molecule has 4 rings (SSSR count). The molecule has 158 valence electrons. The van der Waals surface area contributed by atoms with Gasteiger partial charge >= 0.3 is 0 Å². The van der Waals surface area contributed by atoms with E-state index in [2.05, 4.69) is 15.0 Å². The Morgan fingerprint density at radius 1 is 0.967 bits per heavy atom. The molecule has 0 atom stereocenters. The first-order valence-electron chi connectivity index (χ1n) is 9.09. The highest BCUT2D eigenvalue weighted by Crippen LogP contribution is 2.28. The molecule has 0 aliphatic carbocycles. The quantitative estimate of drug-likeness (QED) is 0.536. The topological polar surface area (TPSA) is 79.5 Å². The van der Waals surface area contributed by atoms with Crippen LogP contribution >= 0.6 is 34.8 Å². The molecule has 0 radical (unpaired) electrons. The molecule has 0 unspecified atom stereocenters. The molecule has 11 heteroatoms. The average molecular weight is 488 g/mol. The Morgan fingerprint density at radius 2 is 1.70 bits per heavy atom. The zero-order valence-corrected chi connectivity index (χ0v) is 18.7. The van der Waals surface area contributed by atoms with E-state index < -0.39 is 10.0 Å². The van der Waals surface area contributed by atoms with Gasteiger partial charge in [0.2, 0.25) is 21.7 Å². The maximum atomic E-state index is 12.9. The van der Waals surface area contributed by atoms with Gasteiger partial charge in [0.25, 0.3) is 0 Å². The molecule has 0 amide bonds. The SMILES string of the molecule is O=S(=O)(c1cc(Cl)ccc1Cl)N1CCN(Cc2nc(-c3cccc(Cl)c3)no2)CC1. The first kappa shape index (κ1) is 21.5. The van der Waals surface area contributed by atoms with Gasteiger partial charge in [0.05, 0.1) is 11.6 Å². The predicted octanol–water partition coefficient (Wildman–Crippen LogP) is 4.20. The third-order valence-electron chi connectivity index (χ3n) is 4.75. The van der Waals surface area contributed by atoms with E-state index in [9.17, 15) is 8.42 Å². The number of halogens is 3. The highest BCUT2D eigenvalue weighted by Gasteiger charge is 2.30. The smallest absolute Gasteiger partial charge is 0.244 e. The molecule has 0 bridgehead atoms. The lowest BCUT2D eigenvalue weighted by atomic mass is 10.2. The monoisotopic (exact) mass is 486 g/mol. The largest absolute Gasteiger partial charge is 0.338 e. The van der Waals surface area contributed by atoms with Gasteiger partial charge in [0, 0.05) is 41.8 Å². The predicted molar refractivity (Wildman–Crippen MR) is 115 cm³/mol. The molecule has 1 fully saturated rings. The summed E-state index contributed by atoms with van der Waals surface area (Å²) in [5.41, 5.74) is 0.770. The van der Waals surface area contributed by atoms with Crippen molar-refractivity contribution in [3.63, 3.8) is 0 Å². The van der Waals surface area contributed by atoms with E-state index in [0.717, 1.165) is 5.56 Å². The molecule has 7 nitrogen and oxygen atoms in total. The Bertz CT molecular complexity index is 1160. The molecule has 2 aromatic carbocycles. The number of sulfonamides is 1. The molecule has 2 heterocycles. The van der Waals surface area contributed by atoms with Gasteiger partial charge in [-0.15, -0.1) is 0 Å². The molecule has 0 saturated carbocycles. The van der Waals surface area contributed by atoms with Crippen molar-refractivity contribution in [3.8, 4) is 11.4 Å². The standard InChI is InChI=1S/C19H17Cl3N4O3S/c20-14-3-1-2-13(10-14)19-23-18(29-24-19)12-25-6-8-26(9-7-25)30(27,28)17-11-15(21)4-5-16(17)22/h1-5,10-11H,6-9,12H2. The van der Waals surface area contributed by atoms with E-state index in [1.54, 1.807) is 18.2 Å². The molecule has 1 aromatic heterocycles. The summed E-state index contributed by atoms with van der Waals surface area (Å²) >= 11 is 18.0. The zero-order chi connectivity index (χ0) is 21.3. The van der Waals surface area contributed by atoms with Crippen LogP contribution in [0.1, 0.15) is 5.89 Å². The lowest BCUT2D eigenvalue weighted by Crippen LogP contribution is -2.48. The minimum absolute atomic E-state index is 0.0215. The summed E-state index contributed by atoms with van der Waals surface area (Å²) in [7, 11) is -3.72. The summed E-state index contributed by atoms with van der Waals surface area (Å²) < 4.78 is 32.6. The van der Waals surface area contributed by atoms with E-state index in [-0.39, 0.29) is 9.92 Å². The molecule has 0 spiro atoms. The van der Waals surface area contributed by atoms with Crippen LogP contribution in [0.4, 0.5) is 0 Å². The fourth-order valence-electron chi connectivity index (χ4n) is 3.20. The van der Waals surface area contributed by atoms with E-state index in [4.69, 9.17) is 39.3 Å². The summed E-state index contributed by atoms with van der Waals surface area (Å²) in [6.07, 6.45) is 0. The molecular weight excluding hydrogens is 471 g/mol. The Hall–Kier alpha value is -1.68. The van der Waals surface area contributed by atoms with Crippen molar-refractivity contribution in [2.24, 2.45) is 0 Å². The summed E-state index contributed by atoms with van der Waals surface area (Å²) in [6, 6.07) is 11.6. The van der Waals surface area contributed by atoms with Crippen molar-refractivity contribution < 1.29 is 12.9 Å². The highest BCUT2D eigenvalue weighted by molar-refractivity contribution is 7.89. The number of hydrogen-bond donors (Lipinski definition) is 0. The van der Waals surface area contributed by atoms with Crippen LogP contribution < -0.4 is 0 Å². The third kappa shape index (κ3) is 4.64. The Balaban J connectivity index is 1.40. The van der Waals surface area contributed by atoms with Crippen LogP contribution in [-0.4, -0.2) is 53.9 Å². The lowest BCUT2D eigenvalue weighted by Gasteiger charge is -2.33. The molecule has 3 aromatic rings. The number of nitrogens with zero attached hydrogens (tertiary/aromatic N) is 4. The first-order valence-corrected chi connectivity index (χ1v) is 11.7. The molecule has 1 saturated heterocycles. The van der Waals surface area contributed by atoms with Crippen LogP contribution in [0.5, 0.6) is 0 Å². The first-order chi connectivity index (χ1) is 14.3. The Kier molecular flexibility index (Phi) is 6.34. The van der Waals surface area contributed by atoms with Crippen LogP contribution in [0.3, 0.4) is 0 Å². The number of rotatable bonds is 5. The van der Waals surface area contributed by atoms with E-state index in [1.807, 2.05) is 12.1 Å². The van der Waals surface area contributed by atoms with Gasteiger partial charge in [-0.2, -0.15) is 9.29 Å². The summed E-state index contributed by atoms with van der Waals surface area (Å²) in [4.78, 5) is 6.49. The fraction of sp³-hybridized carbons (Fsp3) is 0.263. The minimum Gasteiger partial charge on any atom is -0.338 e. The number of piperazine rings is 1. The van der Waals surface area contributed by atoms with Gasteiger partial charge in [-0.05, 0) is 30.3 Å².